The molecule has 3 heteroatoms. The van der Waals surface area contributed by atoms with Crippen LogP contribution in [0.15, 0.2) is 24.2 Å². The minimum atomic E-state index is -0.280. The van der Waals surface area contributed by atoms with Gasteiger partial charge in [-0.3, -0.25) is 0 Å². The lowest BCUT2D eigenvalue weighted by atomic mass is 10.1. The molecule has 78 valence electrons. The molecule has 0 radical (unpaired) electrons. The van der Waals surface area contributed by atoms with E-state index in [0.29, 0.717) is 11.6 Å². The Bertz CT molecular complexity index is 296. The van der Waals surface area contributed by atoms with E-state index in [9.17, 15) is 4.39 Å². The van der Waals surface area contributed by atoms with Crippen LogP contribution in [-0.2, 0) is 0 Å². The Kier molecular flexibility index (Phi) is 2.14. The van der Waals surface area contributed by atoms with Gasteiger partial charge in [0.25, 0.3) is 0 Å². The monoisotopic (exact) mass is 196 g/mol. The molecule has 2 fully saturated rings. The molecule has 0 heterocycles. The molecule has 2 aliphatic rings. The molecule has 2 rings (SSSR count). The fourth-order valence-corrected chi connectivity index (χ4v) is 2.46. The standard InChI is InChI=1S/C11H17FN2/c1-3-9(12)7(2)14-10-5-4-8-6-11(8,10)13/h3,8,10,14H,2,4-6,13H2,1H3/b9-3+. The number of rotatable bonds is 3. The number of nitrogens with one attached hydrogen (secondary N) is 1. The highest BCUT2D eigenvalue weighted by atomic mass is 19.1. The normalized spacial score (nSPS) is 40.6. The average Bonchev–Trinajstić information content (AvgIpc) is 2.75. The van der Waals surface area contributed by atoms with Crippen molar-refractivity contribution >= 4 is 0 Å². The van der Waals surface area contributed by atoms with E-state index in [4.69, 9.17) is 5.73 Å². The summed E-state index contributed by atoms with van der Waals surface area (Å²) >= 11 is 0. The van der Waals surface area contributed by atoms with Crippen molar-refractivity contribution in [3.05, 3.63) is 24.2 Å². The number of hydrogen-bond donors (Lipinski definition) is 2. The van der Waals surface area contributed by atoms with Crippen molar-refractivity contribution in [3.63, 3.8) is 0 Å². The van der Waals surface area contributed by atoms with Crippen LogP contribution in [0.4, 0.5) is 4.39 Å². The molecule has 3 atom stereocenters. The van der Waals surface area contributed by atoms with Gasteiger partial charge < -0.3 is 11.1 Å². The molecule has 3 unspecified atom stereocenters. The van der Waals surface area contributed by atoms with E-state index >= 15 is 0 Å². The molecular formula is C11H17FN2. The average molecular weight is 196 g/mol. The first-order valence-electron chi connectivity index (χ1n) is 5.14. The summed E-state index contributed by atoms with van der Waals surface area (Å²) in [5.41, 5.74) is 6.44. The summed E-state index contributed by atoms with van der Waals surface area (Å²) < 4.78 is 13.1. The summed E-state index contributed by atoms with van der Waals surface area (Å²) in [6, 6.07) is 0.214. The molecule has 0 aromatic carbocycles. The van der Waals surface area contributed by atoms with Crippen LogP contribution in [0.1, 0.15) is 26.2 Å². The van der Waals surface area contributed by atoms with E-state index in [1.54, 1.807) is 6.92 Å². The first kappa shape index (κ1) is 9.71. The van der Waals surface area contributed by atoms with E-state index in [-0.39, 0.29) is 17.4 Å². The zero-order chi connectivity index (χ0) is 10.3. The van der Waals surface area contributed by atoms with Gasteiger partial charge in [-0.25, -0.2) is 4.39 Å². The number of allylic oxidation sites excluding steroid dienone is 2. The molecule has 2 aliphatic carbocycles. The zero-order valence-corrected chi connectivity index (χ0v) is 8.52. The number of hydrogen-bond acceptors (Lipinski definition) is 2. The first-order valence-corrected chi connectivity index (χ1v) is 5.14. The highest BCUT2D eigenvalue weighted by Gasteiger charge is 2.60. The lowest BCUT2D eigenvalue weighted by molar-refractivity contribution is 0.459. The fourth-order valence-electron chi connectivity index (χ4n) is 2.46. The van der Waals surface area contributed by atoms with Crippen LogP contribution in [-0.4, -0.2) is 11.6 Å². The molecule has 0 aromatic rings. The Hall–Kier alpha value is -0.830. The maximum Gasteiger partial charge on any atom is 0.141 e. The molecule has 14 heavy (non-hydrogen) atoms. The number of fused-ring (bicyclic) bond motifs is 1. The lowest BCUT2D eigenvalue weighted by Gasteiger charge is -2.22. The van der Waals surface area contributed by atoms with Crippen LogP contribution in [0.5, 0.6) is 0 Å². The van der Waals surface area contributed by atoms with Crippen molar-refractivity contribution in [1.29, 1.82) is 0 Å². The van der Waals surface area contributed by atoms with Gasteiger partial charge >= 0.3 is 0 Å². The molecule has 3 N–H and O–H groups in total. The van der Waals surface area contributed by atoms with Crippen LogP contribution in [0, 0.1) is 5.92 Å². The topological polar surface area (TPSA) is 38.0 Å². The molecule has 0 aromatic heterocycles. The van der Waals surface area contributed by atoms with E-state index in [1.807, 2.05) is 0 Å². The molecule has 2 nitrogen and oxygen atoms in total. The van der Waals surface area contributed by atoms with Gasteiger partial charge in [0.15, 0.2) is 0 Å². The van der Waals surface area contributed by atoms with Crippen molar-refractivity contribution < 1.29 is 4.39 Å². The second-order valence-corrected chi connectivity index (χ2v) is 4.40. The Balaban J connectivity index is 1.95. The molecule has 0 saturated heterocycles. The van der Waals surface area contributed by atoms with Crippen molar-refractivity contribution in [1.82, 2.24) is 5.32 Å². The van der Waals surface area contributed by atoms with E-state index in [2.05, 4.69) is 11.9 Å². The lowest BCUT2D eigenvalue weighted by Crippen LogP contribution is -2.45. The zero-order valence-electron chi connectivity index (χ0n) is 8.52. The van der Waals surface area contributed by atoms with Crippen LogP contribution in [0.25, 0.3) is 0 Å². The van der Waals surface area contributed by atoms with E-state index < -0.39 is 0 Å². The Morgan fingerprint density at radius 3 is 2.79 bits per heavy atom. The summed E-state index contributed by atoms with van der Waals surface area (Å²) in [5.74, 6) is 0.374. The summed E-state index contributed by atoms with van der Waals surface area (Å²) in [6.45, 7) is 5.32. The predicted octanol–water partition coefficient (Wildman–Crippen LogP) is 1.84. The Labute approximate surface area is 84.1 Å². The minimum Gasteiger partial charge on any atom is -0.379 e. The van der Waals surface area contributed by atoms with Gasteiger partial charge in [0.05, 0.1) is 5.70 Å². The smallest absolute Gasteiger partial charge is 0.141 e. The summed E-state index contributed by atoms with van der Waals surface area (Å²) in [7, 11) is 0. The Morgan fingerprint density at radius 1 is 1.64 bits per heavy atom. The fraction of sp³-hybridized carbons (Fsp3) is 0.636. The van der Waals surface area contributed by atoms with Crippen LogP contribution < -0.4 is 11.1 Å². The molecule has 2 saturated carbocycles. The highest BCUT2D eigenvalue weighted by Crippen LogP contribution is 2.53. The Morgan fingerprint density at radius 2 is 2.36 bits per heavy atom. The second kappa shape index (κ2) is 3.09. The van der Waals surface area contributed by atoms with Crippen molar-refractivity contribution in [2.75, 3.05) is 0 Å². The first-order chi connectivity index (χ1) is 6.58. The molecule has 0 amide bonds. The summed E-state index contributed by atoms with van der Waals surface area (Å²) in [4.78, 5) is 0. The van der Waals surface area contributed by atoms with Crippen molar-refractivity contribution in [3.8, 4) is 0 Å². The van der Waals surface area contributed by atoms with E-state index in [1.165, 1.54) is 12.5 Å². The van der Waals surface area contributed by atoms with Crippen LogP contribution in [0.2, 0.25) is 0 Å². The highest BCUT2D eigenvalue weighted by molar-refractivity contribution is 5.26. The maximum atomic E-state index is 13.1. The van der Waals surface area contributed by atoms with Crippen molar-refractivity contribution in [2.45, 2.75) is 37.8 Å². The van der Waals surface area contributed by atoms with Gasteiger partial charge in [0, 0.05) is 11.6 Å². The van der Waals surface area contributed by atoms with Crippen molar-refractivity contribution in [2.24, 2.45) is 11.7 Å². The number of nitrogens with two attached hydrogens (primary N) is 1. The van der Waals surface area contributed by atoms with Gasteiger partial charge in [-0.05, 0) is 38.2 Å². The van der Waals surface area contributed by atoms with E-state index in [0.717, 1.165) is 12.8 Å². The van der Waals surface area contributed by atoms with Gasteiger partial charge in [-0.15, -0.1) is 0 Å². The van der Waals surface area contributed by atoms with Gasteiger partial charge in [0.2, 0.25) is 0 Å². The van der Waals surface area contributed by atoms with Crippen LogP contribution in [0.3, 0.4) is 0 Å². The third-order valence-corrected chi connectivity index (χ3v) is 3.54. The largest absolute Gasteiger partial charge is 0.379 e. The summed E-state index contributed by atoms with van der Waals surface area (Å²) in [6.07, 6.45) is 4.70. The minimum absolute atomic E-state index is 0.0725. The quantitative estimate of drug-likeness (QED) is 0.676. The van der Waals surface area contributed by atoms with Crippen LogP contribution >= 0.6 is 0 Å². The molecule has 0 bridgehead atoms. The maximum absolute atomic E-state index is 13.1. The number of halogens is 1. The SMILES string of the molecule is C=C(NC1CCC2CC21N)/C(F)=C\C. The second-order valence-electron chi connectivity index (χ2n) is 4.40. The predicted molar refractivity (Wildman–Crippen MR) is 55.2 cm³/mol. The molecule has 0 spiro atoms. The van der Waals surface area contributed by atoms with Gasteiger partial charge in [-0.1, -0.05) is 6.58 Å². The van der Waals surface area contributed by atoms with Gasteiger partial charge in [0.1, 0.15) is 5.83 Å². The molecular weight excluding hydrogens is 179 g/mol. The summed E-state index contributed by atoms with van der Waals surface area (Å²) in [5, 5.41) is 3.10. The van der Waals surface area contributed by atoms with Gasteiger partial charge in [-0.2, -0.15) is 0 Å². The third-order valence-electron chi connectivity index (χ3n) is 3.54. The third kappa shape index (κ3) is 1.36. The molecule has 0 aliphatic heterocycles.